The second kappa shape index (κ2) is 4.78. The topological polar surface area (TPSA) is 90.9 Å². The molecule has 0 N–H and O–H groups in total. The van der Waals surface area contributed by atoms with Crippen LogP contribution in [-0.4, -0.2) is 34.6 Å². The summed E-state index contributed by atoms with van der Waals surface area (Å²) in [6.45, 7) is 1.95. The van der Waals surface area contributed by atoms with Gasteiger partial charge in [-0.15, -0.1) is 0 Å². The lowest BCUT2D eigenvalue weighted by atomic mass is 10.2. The molecule has 21 heavy (non-hydrogen) atoms. The molecule has 9 heteroatoms. The van der Waals surface area contributed by atoms with Crippen molar-refractivity contribution in [2.24, 2.45) is 7.05 Å². The summed E-state index contributed by atoms with van der Waals surface area (Å²) in [5, 5.41) is 11.8. The van der Waals surface area contributed by atoms with Crippen LogP contribution in [0.1, 0.15) is 5.56 Å². The van der Waals surface area contributed by atoms with Gasteiger partial charge in [0.05, 0.1) is 17.3 Å². The third-order valence-corrected chi connectivity index (χ3v) is 5.04. The van der Waals surface area contributed by atoms with Crippen molar-refractivity contribution in [3.63, 3.8) is 0 Å². The summed E-state index contributed by atoms with van der Waals surface area (Å²) in [4.78, 5) is 4.28. The van der Waals surface area contributed by atoms with Crippen LogP contribution in [0.4, 0.5) is 0 Å². The Morgan fingerprint density at radius 1 is 1.29 bits per heavy atom. The van der Waals surface area contributed by atoms with Crippen molar-refractivity contribution in [1.29, 1.82) is 0 Å². The molecule has 0 saturated carbocycles. The molecule has 0 unspecified atom stereocenters. The number of hydrogen-bond acceptors (Lipinski definition) is 7. The Kier molecular flexibility index (Phi) is 3.18. The van der Waals surface area contributed by atoms with E-state index in [0.717, 1.165) is 17.4 Å². The lowest BCUT2D eigenvalue weighted by Gasteiger charge is -2.00. The first-order valence-corrected chi connectivity index (χ1v) is 8.80. The first kappa shape index (κ1) is 14.0. The van der Waals surface area contributed by atoms with E-state index < -0.39 is 9.84 Å². The van der Waals surface area contributed by atoms with E-state index in [1.807, 2.05) is 17.7 Å². The fourth-order valence-corrected chi connectivity index (χ4v) is 3.93. The third kappa shape index (κ3) is 2.38. The molecule has 0 aromatic carbocycles. The van der Waals surface area contributed by atoms with E-state index in [2.05, 4.69) is 15.2 Å². The van der Waals surface area contributed by atoms with Gasteiger partial charge in [0, 0.05) is 18.7 Å². The quantitative estimate of drug-likeness (QED) is 0.731. The number of rotatable bonds is 3. The predicted molar refractivity (Wildman–Crippen MR) is 77.7 cm³/mol. The average Bonchev–Trinajstić information content (AvgIpc) is 3.05. The zero-order valence-corrected chi connectivity index (χ0v) is 13.2. The highest BCUT2D eigenvalue weighted by molar-refractivity contribution is 7.90. The van der Waals surface area contributed by atoms with Crippen LogP contribution in [0.15, 0.2) is 26.5 Å². The maximum atomic E-state index is 11.9. The molecule has 3 aromatic heterocycles. The number of sulfone groups is 1. The van der Waals surface area contributed by atoms with Gasteiger partial charge in [-0.3, -0.25) is 4.68 Å². The third-order valence-electron chi connectivity index (χ3n) is 2.99. The second-order valence-corrected chi connectivity index (χ2v) is 7.33. The van der Waals surface area contributed by atoms with Gasteiger partial charge in [-0.05, 0) is 17.9 Å². The average molecular weight is 324 g/mol. The minimum Gasteiger partial charge on any atom is -0.334 e. The maximum Gasteiger partial charge on any atom is 0.259 e. The largest absolute Gasteiger partial charge is 0.334 e. The van der Waals surface area contributed by atoms with E-state index in [4.69, 9.17) is 4.52 Å². The van der Waals surface area contributed by atoms with Crippen LogP contribution in [0.5, 0.6) is 0 Å². The number of thiophene rings is 1. The van der Waals surface area contributed by atoms with Crippen molar-refractivity contribution >= 4 is 21.2 Å². The van der Waals surface area contributed by atoms with Crippen LogP contribution in [-0.2, 0) is 16.9 Å². The molecule has 3 aromatic rings. The van der Waals surface area contributed by atoms with Crippen molar-refractivity contribution in [3.8, 4) is 22.8 Å². The van der Waals surface area contributed by atoms with Crippen LogP contribution in [0.25, 0.3) is 22.8 Å². The summed E-state index contributed by atoms with van der Waals surface area (Å²) in [6, 6.07) is 0. The zero-order valence-electron chi connectivity index (χ0n) is 11.6. The second-order valence-electron chi connectivity index (χ2n) is 4.65. The fraction of sp³-hybridized carbons (Fsp3) is 0.250. The van der Waals surface area contributed by atoms with E-state index in [1.54, 1.807) is 7.05 Å². The molecule has 0 bridgehead atoms. The van der Waals surface area contributed by atoms with Gasteiger partial charge in [-0.1, -0.05) is 5.16 Å². The van der Waals surface area contributed by atoms with Crippen LogP contribution >= 0.6 is 11.3 Å². The van der Waals surface area contributed by atoms with Crippen molar-refractivity contribution in [2.75, 3.05) is 6.26 Å². The van der Waals surface area contributed by atoms with E-state index in [1.165, 1.54) is 22.2 Å². The molecule has 7 nitrogen and oxygen atoms in total. The molecule has 110 valence electrons. The molecule has 0 aliphatic carbocycles. The van der Waals surface area contributed by atoms with E-state index in [0.29, 0.717) is 11.5 Å². The van der Waals surface area contributed by atoms with E-state index in [9.17, 15) is 8.42 Å². The van der Waals surface area contributed by atoms with Crippen molar-refractivity contribution < 1.29 is 12.9 Å². The van der Waals surface area contributed by atoms with Gasteiger partial charge in [-0.25, -0.2) is 8.42 Å². The summed E-state index contributed by atoms with van der Waals surface area (Å²) >= 11 is 1.54. The van der Waals surface area contributed by atoms with E-state index >= 15 is 0 Å². The van der Waals surface area contributed by atoms with Crippen LogP contribution in [0.2, 0.25) is 0 Å². The number of nitrogens with zero attached hydrogens (tertiary/aromatic N) is 4. The van der Waals surface area contributed by atoms with Gasteiger partial charge >= 0.3 is 0 Å². The summed E-state index contributed by atoms with van der Waals surface area (Å²) < 4.78 is 30.2. The van der Waals surface area contributed by atoms with Gasteiger partial charge in [-0.2, -0.15) is 21.4 Å². The van der Waals surface area contributed by atoms with Crippen molar-refractivity contribution in [2.45, 2.75) is 11.9 Å². The smallest absolute Gasteiger partial charge is 0.259 e. The first-order valence-electron chi connectivity index (χ1n) is 5.97. The van der Waals surface area contributed by atoms with Gasteiger partial charge < -0.3 is 4.52 Å². The molecule has 3 heterocycles. The molecule has 0 radical (unpaired) electrons. The standard InChI is InChI=1S/C12H12N4O3S2/c1-7-5-20-6-9(7)11-14-10(15-19-11)8-4-13-16(2)12(8)21(3,17)18/h4-6H,1-3H3. The zero-order chi connectivity index (χ0) is 15.2. The first-order chi connectivity index (χ1) is 9.88. The highest BCUT2D eigenvalue weighted by Gasteiger charge is 2.24. The molecule has 3 rings (SSSR count). The minimum atomic E-state index is -3.44. The molecule has 0 atom stereocenters. The van der Waals surface area contributed by atoms with Gasteiger partial charge in [0.15, 0.2) is 14.9 Å². The molecule has 0 aliphatic heterocycles. The highest BCUT2D eigenvalue weighted by atomic mass is 32.2. The van der Waals surface area contributed by atoms with Gasteiger partial charge in [0.25, 0.3) is 5.89 Å². The summed E-state index contributed by atoms with van der Waals surface area (Å²) in [5.74, 6) is 0.580. The highest BCUT2D eigenvalue weighted by Crippen LogP contribution is 2.29. The molecule has 0 spiro atoms. The fourth-order valence-electron chi connectivity index (χ4n) is 2.04. The lowest BCUT2D eigenvalue weighted by molar-refractivity contribution is 0.432. The van der Waals surface area contributed by atoms with Crippen LogP contribution in [0, 0.1) is 6.92 Å². The SMILES string of the molecule is Cc1cscc1-c1nc(-c2cnn(C)c2S(C)(=O)=O)no1. The minimum absolute atomic E-state index is 0.0666. The summed E-state index contributed by atoms with van der Waals surface area (Å²) in [6.07, 6.45) is 2.54. The number of hydrogen-bond donors (Lipinski definition) is 0. The van der Waals surface area contributed by atoms with Crippen molar-refractivity contribution in [1.82, 2.24) is 19.9 Å². The van der Waals surface area contributed by atoms with Gasteiger partial charge in [0.1, 0.15) is 0 Å². The predicted octanol–water partition coefficient (Wildman–Crippen LogP) is 1.91. The lowest BCUT2D eigenvalue weighted by Crippen LogP contribution is -2.06. The Morgan fingerprint density at radius 2 is 2.05 bits per heavy atom. The van der Waals surface area contributed by atoms with Crippen LogP contribution in [0.3, 0.4) is 0 Å². The molecular weight excluding hydrogens is 312 g/mol. The Hall–Kier alpha value is -2.00. The van der Waals surface area contributed by atoms with Crippen LogP contribution < -0.4 is 0 Å². The molecule has 0 amide bonds. The van der Waals surface area contributed by atoms with E-state index in [-0.39, 0.29) is 10.9 Å². The monoisotopic (exact) mass is 324 g/mol. The molecule has 0 aliphatic rings. The molecular formula is C12H12N4O3S2. The summed E-state index contributed by atoms with van der Waals surface area (Å²) in [7, 11) is -1.88. The normalized spacial score (nSPS) is 12.0. The molecule has 0 saturated heterocycles. The molecule has 0 fully saturated rings. The Balaban J connectivity index is 2.12. The maximum absolute atomic E-state index is 11.9. The van der Waals surface area contributed by atoms with Gasteiger partial charge in [0.2, 0.25) is 5.82 Å². The van der Waals surface area contributed by atoms with Crippen molar-refractivity contribution in [3.05, 3.63) is 22.5 Å². The number of aryl methyl sites for hydroxylation is 2. The summed E-state index contributed by atoms with van der Waals surface area (Å²) in [5.41, 5.74) is 2.22. The Morgan fingerprint density at radius 3 is 2.67 bits per heavy atom. The number of aromatic nitrogens is 4. The Bertz CT molecular complexity index is 905. The Labute approximate surface area is 125 Å².